The third-order valence-corrected chi connectivity index (χ3v) is 7.60. The highest BCUT2D eigenvalue weighted by molar-refractivity contribution is 7.90. The molecule has 1 amide bonds. The van der Waals surface area contributed by atoms with Crippen molar-refractivity contribution >= 4 is 37.5 Å². The lowest BCUT2D eigenvalue weighted by Gasteiger charge is -2.14. The lowest BCUT2D eigenvalue weighted by atomic mass is 10.1. The van der Waals surface area contributed by atoms with Gasteiger partial charge < -0.3 is 4.74 Å². The fourth-order valence-electron chi connectivity index (χ4n) is 3.60. The van der Waals surface area contributed by atoms with E-state index >= 15 is 0 Å². The lowest BCUT2D eigenvalue weighted by Crippen LogP contribution is -2.40. The summed E-state index contributed by atoms with van der Waals surface area (Å²) in [5, 5.41) is 0.468. The third kappa shape index (κ3) is 5.33. The number of carbonyl (C=O) groups excluding carboxylic acids is 1. The van der Waals surface area contributed by atoms with Crippen molar-refractivity contribution in [3.05, 3.63) is 75.1 Å². The molecule has 1 N–H and O–H groups in total. The van der Waals surface area contributed by atoms with E-state index in [1.165, 1.54) is 19.1 Å². The molecule has 0 aliphatic rings. The lowest BCUT2D eigenvalue weighted by molar-refractivity contribution is -0.144. The minimum Gasteiger partial charge on any atom is -0.483 e. The predicted molar refractivity (Wildman–Crippen MR) is 134 cm³/mol. The molecule has 2 aromatic carbocycles. The maximum Gasteiger partial charge on any atom is 0.431 e. The summed E-state index contributed by atoms with van der Waals surface area (Å²) in [6, 6.07) is 11.3. The summed E-state index contributed by atoms with van der Waals surface area (Å²) in [6.07, 6.45) is -4.89. The Labute approximate surface area is 217 Å². The number of rotatable bonds is 7. The molecule has 2 heterocycles. The number of sulfonamides is 1. The zero-order chi connectivity index (χ0) is 27.8. The van der Waals surface area contributed by atoms with Gasteiger partial charge in [-0.25, -0.2) is 17.8 Å². The van der Waals surface area contributed by atoms with Gasteiger partial charge in [-0.2, -0.15) is 17.5 Å². The molecule has 0 atom stereocenters. The van der Waals surface area contributed by atoms with Crippen molar-refractivity contribution in [1.29, 1.82) is 0 Å². The van der Waals surface area contributed by atoms with Crippen molar-refractivity contribution in [3.8, 4) is 22.7 Å². The summed E-state index contributed by atoms with van der Waals surface area (Å²) in [6.45, 7) is 0.780. The van der Waals surface area contributed by atoms with Gasteiger partial charge in [0.15, 0.2) is 6.61 Å². The Morgan fingerprint density at radius 1 is 1.13 bits per heavy atom. The monoisotopic (exact) mass is 568 g/mol. The van der Waals surface area contributed by atoms with E-state index in [9.17, 15) is 36.0 Å². The molecule has 2 aromatic heterocycles. The van der Waals surface area contributed by atoms with Crippen LogP contribution in [0.2, 0.25) is 0 Å². The Balaban J connectivity index is 1.75. The molecule has 10 nitrogen and oxygen atoms in total. The van der Waals surface area contributed by atoms with E-state index in [1.807, 2.05) is 4.72 Å². The Kier molecular flexibility index (Phi) is 7.16. The smallest absolute Gasteiger partial charge is 0.431 e. The first-order chi connectivity index (χ1) is 17.8. The van der Waals surface area contributed by atoms with Gasteiger partial charge in [0.05, 0.1) is 21.8 Å². The summed E-state index contributed by atoms with van der Waals surface area (Å²) < 4.78 is 76.3. The van der Waals surface area contributed by atoms with Crippen molar-refractivity contribution < 1.29 is 31.1 Å². The van der Waals surface area contributed by atoms with Gasteiger partial charge in [0, 0.05) is 24.1 Å². The molecule has 200 valence electrons. The van der Waals surface area contributed by atoms with E-state index in [0.29, 0.717) is 36.5 Å². The van der Waals surface area contributed by atoms with Gasteiger partial charge in [0.25, 0.3) is 11.5 Å². The average Bonchev–Trinajstić information content (AvgIpc) is 3.27. The van der Waals surface area contributed by atoms with Crippen molar-refractivity contribution in [2.75, 3.05) is 12.4 Å². The molecule has 0 spiro atoms. The molecule has 38 heavy (non-hydrogen) atoms. The van der Waals surface area contributed by atoms with Crippen LogP contribution >= 0.6 is 11.5 Å². The second-order valence-electron chi connectivity index (χ2n) is 7.97. The molecule has 0 bridgehead atoms. The molecule has 0 radical (unpaired) electrons. The first-order valence-corrected chi connectivity index (χ1v) is 13.3. The molecule has 4 aromatic rings. The number of benzene rings is 2. The summed E-state index contributed by atoms with van der Waals surface area (Å²) in [4.78, 5) is 37.3. The standard InChI is InChI=1S/C23H19F3N4O6S2/c1-3-38(34,35)28-19(31)12-36-16-7-5-4-6-14(16)21-15-10-13(8-9-17(15)37-27-21)30-20(32)11-18(23(24,25)26)29(2)22(30)33/h4-11H,3,12H2,1-2H3,(H,28,31). The second kappa shape index (κ2) is 10.1. The minimum absolute atomic E-state index is 0.0285. The molecular weight excluding hydrogens is 549 g/mol. The van der Waals surface area contributed by atoms with E-state index in [2.05, 4.69) is 4.37 Å². The number of amides is 1. The maximum atomic E-state index is 13.2. The first-order valence-electron chi connectivity index (χ1n) is 10.9. The highest BCUT2D eigenvalue weighted by Crippen LogP contribution is 2.37. The van der Waals surface area contributed by atoms with E-state index in [0.717, 1.165) is 18.6 Å². The summed E-state index contributed by atoms with van der Waals surface area (Å²) in [5.74, 6) is -0.950. The van der Waals surface area contributed by atoms with Crippen LogP contribution in [0.5, 0.6) is 5.75 Å². The number of carbonyl (C=O) groups is 1. The Morgan fingerprint density at radius 3 is 2.53 bits per heavy atom. The molecule has 15 heteroatoms. The van der Waals surface area contributed by atoms with Gasteiger partial charge in [-0.15, -0.1) is 0 Å². The number of aromatic nitrogens is 3. The quantitative estimate of drug-likeness (QED) is 0.363. The predicted octanol–water partition coefficient (Wildman–Crippen LogP) is 2.68. The number of nitrogens with one attached hydrogen (secondary N) is 1. The number of alkyl halides is 3. The topological polar surface area (TPSA) is 129 Å². The van der Waals surface area contributed by atoms with Crippen molar-refractivity contribution in [3.63, 3.8) is 0 Å². The number of fused-ring (bicyclic) bond motifs is 1. The van der Waals surface area contributed by atoms with E-state index in [4.69, 9.17) is 4.74 Å². The average molecular weight is 569 g/mol. The van der Waals surface area contributed by atoms with Crippen molar-refractivity contribution in [2.24, 2.45) is 7.05 Å². The fourth-order valence-corrected chi connectivity index (χ4v) is 4.92. The van der Waals surface area contributed by atoms with Crippen LogP contribution in [0.1, 0.15) is 12.6 Å². The van der Waals surface area contributed by atoms with Gasteiger partial charge in [-0.1, -0.05) is 12.1 Å². The largest absolute Gasteiger partial charge is 0.483 e. The Morgan fingerprint density at radius 2 is 1.84 bits per heavy atom. The fraction of sp³-hybridized carbons (Fsp3) is 0.217. The van der Waals surface area contributed by atoms with Crippen LogP contribution in [0, 0.1) is 0 Å². The normalized spacial score (nSPS) is 12.0. The van der Waals surface area contributed by atoms with Gasteiger partial charge in [0.2, 0.25) is 10.0 Å². The van der Waals surface area contributed by atoms with Crippen LogP contribution in [0.4, 0.5) is 13.2 Å². The van der Waals surface area contributed by atoms with E-state index in [1.54, 1.807) is 30.3 Å². The zero-order valence-electron chi connectivity index (χ0n) is 19.8. The molecule has 4 rings (SSSR count). The van der Waals surface area contributed by atoms with Gasteiger partial charge >= 0.3 is 11.9 Å². The maximum absolute atomic E-state index is 13.2. The number of halogens is 3. The first kappa shape index (κ1) is 27.1. The van der Waals surface area contributed by atoms with Gasteiger partial charge in [0.1, 0.15) is 11.4 Å². The van der Waals surface area contributed by atoms with Crippen LogP contribution in [0.15, 0.2) is 58.1 Å². The number of hydrogen-bond donors (Lipinski definition) is 1. The van der Waals surface area contributed by atoms with Crippen LogP contribution in [-0.2, 0) is 28.0 Å². The molecule has 0 saturated carbocycles. The summed E-state index contributed by atoms with van der Waals surface area (Å²) >= 11 is 1.09. The van der Waals surface area contributed by atoms with E-state index in [-0.39, 0.29) is 17.2 Å². The molecule has 0 unspecified atom stereocenters. The highest BCUT2D eigenvalue weighted by atomic mass is 32.2. The Hall–Kier alpha value is -3.98. The second-order valence-corrected chi connectivity index (χ2v) is 10.8. The van der Waals surface area contributed by atoms with Gasteiger partial charge in [-0.05, 0) is 48.8 Å². The van der Waals surface area contributed by atoms with Crippen LogP contribution in [0.3, 0.4) is 0 Å². The Bertz CT molecular complexity index is 1770. The molecule has 0 saturated heterocycles. The van der Waals surface area contributed by atoms with E-state index < -0.39 is 45.7 Å². The number of hydrogen-bond acceptors (Lipinski definition) is 8. The SMILES string of the molecule is CCS(=O)(=O)NC(=O)COc1ccccc1-c1nsc2ccc(-n3c(=O)cc(C(F)(F)F)n(C)c3=O)cc12. The number of para-hydroxylation sites is 1. The van der Waals surface area contributed by atoms with Crippen LogP contribution < -0.4 is 20.7 Å². The zero-order valence-corrected chi connectivity index (χ0v) is 21.4. The summed E-state index contributed by atoms with van der Waals surface area (Å²) in [7, 11) is -2.84. The molecule has 0 aliphatic heterocycles. The molecule has 0 fully saturated rings. The van der Waals surface area contributed by atoms with Gasteiger partial charge in [-0.3, -0.25) is 18.9 Å². The minimum atomic E-state index is -4.89. The van der Waals surface area contributed by atoms with Crippen molar-refractivity contribution in [1.82, 2.24) is 18.2 Å². The summed E-state index contributed by atoms with van der Waals surface area (Å²) in [5.41, 5.74) is -2.88. The molecule has 0 aliphatic carbocycles. The number of nitrogens with zero attached hydrogens (tertiary/aromatic N) is 3. The highest BCUT2D eigenvalue weighted by Gasteiger charge is 2.35. The van der Waals surface area contributed by atoms with Crippen LogP contribution in [-0.4, -0.2) is 40.2 Å². The van der Waals surface area contributed by atoms with Crippen molar-refractivity contribution in [2.45, 2.75) is 13.1 Å². The number of ether oxygens (including phenoxy) is 1. The third-order valence-electron chi connectivity index (χ3n) is 5.47. The van der Waals surface area contributed by atoms with Crippen LogP contribution in [0.25, 0.3) is 27.0 Å². The molecular formula is C23H19F3N4O6S2.